The molecule has 1 heterocycles. The lowest BCUT2D eigenvalue weighted by molar-refractivity contribution is 0.414. The molecule has 0 amide bonds. The molecule has 6 nitrogen and oxygen atoms in total. The quantitative estimate of drug-likeness (QED) is 0.282. The molecule has 26 heavy (non-hydrogen) atoms. The number of hydrogen-bond acceptors (Lipinski definition) is 3. The summed E-state index contributed by atoms with van der Waals surface area (Å²) in [6.07, 6.45) is 2.06. The van der Waals surface area contributed by atoms with Crippen molar-refractivity contribution >= 4 is 29.9 Å². The van der Waals surface area contributed by atoms with Crippen molar-refractivity contribution in [1.82, 2.24) is 20.4 Å². The highest BCUT2D eigenvalue weighted by Crippen LogP contribution is 2.12. The molecule has 0 saturated heterocycles. The van der Waals surface area contributed by atoms with Crippen LogP contribution in [0.4, 0.5) is 0 Å². The highest BCUT2D eigenvalue weighted by atomic mass is 127. The van der Waals surface area contributed by atoms with Crippen LogP contribution < -0.4 is 15.4 Å². The summed E-state index contributed by atoms with van der Waals surface area (Å²) >= 11 is 0. The first-order valence-electron chi connectivity index (χ1n) is 8.61. The van der Waals surface area contributed by atoms with E-state index in [4.69, 9.17) is 4.74 Å². The van der Waals surface area contributed by atoms with Gasteiger partial charge in [-0.25, -0.2) is 0 Å². The first-order chi connectivity index (χ1) is 12.0. The Morgan fingerprint density at radius 3 is 2.42 bits per heavy atom. The van der Waals surface area contributed by atoms with Gasteiger partial charge in [-0.2, -0.15) is 5.10 Å². The van der Waals surface area contributed by atoms with Crippen molar-refractivity contribution in [1.29, 1.82) is 0 Å². The van der Waals surface area contributed by atoms with Crippen LogP contribution in [0.5, 0.6) is 5.75 Å². The van der Waals surface area contributed by atoms with Gasteiger partial charge in [0, 0.05) is 38.4 Å². The molecule has 0 fully saturated rings. The van der Waals surface area contributed by atoms with Crippen LogP contribution in [0.25, 0.3) is 0 Å². The smallest absolute Gasteiger partial charge is 0.191 e. The van der Waals surface area contributed by atoms with E-state index in [-0.39, 0.29) is 24.0 Å². The number of aryl methyl sites for hydroxylation is 3. The summed E-state index contributed by atoms with van der Waals surface area (Å²) in [5.74, 6) is 1.71. The zero-order valence-corrected chi connectivity index (χ0v) is 18.6. The van der Waals surface area contributed by atoms with Crippen LogP contribution in [-0.2, 0) is 20.0 Å². The van der Waals surface area contributed by atoms with Gasteiger partial charge >= 0.3 is 0 Å². The van der Waals surface area contributed by atoms with Crippen molar-refractivity contribution in [2.24, 2.45) is 12.0 Å². The Morgan fingerprint density at radius 1 is 1.19 bits per heavy atom. The number of aromatic nitrogens is 2. The first kappa shape index (κ1) is 22.3. The van der Waals surface area contributed by atoms with Gasteiger partial charge in [0.2, 0.25) is 0 Å². The summed E-state index contributed by atoms with van der Waals surface area (Å²) in [7, 11) is 5.45. The number of nitrogens with one attached hydrogen (secondary N) is 2. The fourth-order valence-electron chi connectivity index (χ4n) is 2.76. The van der Waals surface area contributed by atoms with Gasteiger partial charge in [-0.05, 0) is 44.4 Å². The van der Waals surface area contributed by atoms with Crippen molar-refractivity contribution in [3.8, 4) is 5.75 Å². The minimum Gasteiger partial charge on any atom is -0.497 e. The Labute approximate surface area is 173 Å². The fourth-order valence-corrected chi connectivity index (χ4v) is 2.76. The summed E-state index contributed by atoms with van der Waals surface area (Å²) < 4.78 is 7.09. The molecule has 2 rings (SSSR count). The highest BCUT2D eigenvalue weighted by Gasteiger charge is 2.09. The van der Waals surface area contributed by atoms with Gasteiger partial charge in [-0.1, -0.05) is 12.1 Å². The third-order valence-electron chi connectivity index (χ3n) is 4.41. The van der Waals surface area contributed by atoms with Crippen LogP contribution >= 0.6 is 24.0 Å². The molecule has 0 spiro atoms. The molecule has 2 aromatic rings. The zero-order chi connectivity index (χ0) is 18.2. The van der Waals surface area contributed by atoms with Crippen molar-refractivity contribution < 1.29 is 4.74 Å². The average Bonchev–Trinajstić information content (AvgIpc) is 2.87. The number of benzene rings is 1. The first-order valence-corrected chi connectivity index (χ1v) is 8.61. The number of methoxy groups -OCH3 is 1. The van der Waals surface area contributed by atoms with E-state index >= 15 is 0 Å². The molecular formula is C19H30IN5O. The van der Waals surface area contributed by atoms with Crippen LogP contribution in [0.15, 0.2) is 29.3 Å². The maximum atomic E-state index is 5.18. The molecule has 0 aliphatic carbocycles. The van der Waals surface area contributed by atoms with Crippen LogP contribution in [0, 0.1) is 13.8 Å². The number of halogens is 1. The third kappa shape index (κ3) is 6.19. The minimum absolute atomic E-state index is 0. The van der Waals surface area contributed by atoms with Gasteiger partial charge in [0.15, 0.2) is 5.96 Å². The molecule has 7 heteroatoms. The summed E-state index contributed by atoms with van der Waals surface area (Å²) in [5.41, 5.74) is 4.78. The maximum absolute atomic E-state index is 5.18. The molecule has 0 radical (unpaired) electrons. The molecule has 0 aliphatic rings. The molecule has 0 unspecified atom stereocenters. The number of guanidine groups is 1. The summed E-state index contributed by atoms with van der Waals surface area (Å²) in [6, 6.07) is 8.23. The second-order valence-electron chi connectivity index (χ2n) is 6.08. The Kier molecular flexibility index (Phi) is 9.47. The van der Waals surface area contributed by atoms with E-state index in [1.165, 1.54) is 16.8 Å². The number of nitrogens with zero attached hydrogens (tertiary/aromatic N) is 3. The van der Waals surface area contributed by atoms with Crippen molar-refractivity contribution in [3.05, 3.63) is 46.8 Å². The van der Waals surface area contributed by atoms with Crippen molar-refractivity contribution in [3.63, 3.8) is 0 Å². The van der Waals surface area contributed by atoms with Crippen LogP contribution in [-0.4, -0.2) is 36.4 Å². The lowest BCUT2D eigenvalue weighted by Gasteiger charge is -2.12. The van der Waals surface area contributed by atoms with E-state index in [1.807, 2.05) is 30.8 Å². The van der Waals surface area contributed by atoms with E-state index in [0.29, 0.717) is 0 Å². The average molecular weight is 471 g/mol. The van der Waals surface area contributed by atoms with E-state index in [0.717, 1.165) is 43.3 Å². The van der Waals surface area contributed by atoms with Crippen molar-refractivity contribution in [2.45, 2.75) is 33.2 Å². The molecule has 0 aliphatic heterocycles. The third-order valence-corrected chi connectivity index (χ3v) is 4.41. The molecule has 1 aromatic heterocycles. The normalized spacial score (nSPS) is 11.0. The van der Waals surface area contributed by atoms with Crippen LogP contribution in [0.3, 0.4) is 0 Å². The molecular weight excluding hydrogens is 441 g/mol. The number of ether oxygens (including phenoxy) is 1. The van der Waals surface area contributed by atoms with E-state index in [1.54, 1.807) is 14.2 Å². The summed E-state index contributed by atoms with van der Waals surface area (Å²) in [5, 5.41) is 11.2. The van der Waals surface area contributed by atoms with Gasteiger partial charge in [-0.15, -0.1) is 24.0 Å². The van der Waals surface area contributed by atoms with E-state index in [9.17, 15) is 0 Å². The fraction of sp³-hybridized carbons (Fsp3) is 0.474. The molecule has 0 atom stereocenters. The van der Waals surface area contributed by atoms with Gasteiger partial charge in [0.05, 0.1) is 12.8 Å². The Balaban J connectivity index is 0.00000338. The molecule has 0 saturated carbocycles. The topological polar surface area (TPSA) is 63.5 Å². The van der Waals surface area contributed by atoms with Gasteiger partial charge < -0.3 is 15.4 Å². The summed E-state index contributed by atoms with van der Waals surface area (Å²) in [6.45, 7) is 5.72. The Morgan fingerprint density at radius 2 is 1.88 bits per heavy atom. The van der Waals surface area contributed by atoms with Crippen LogP contribution in [0.1, 0.15) is 28.9 Å². The van der Waals surface area contributed by atoms with Gasteiger partial charge in [0.25, 0.3) is 0 Å². The monoisotopic (exact) mass is 471 g/mol. The Bertz CT molecular complexity index is 709. The van der Waals surface area contributed by atoms with E-state index in [2.05, 4.69) is 39.8 Å². The second-order valence-corrected chi connectivity index (χ2v) is 6.08. The largest absolute Gasteiger partial charge is 0.497 e. The predicted octanol–water partition coefficient (Wildman–Crippen LogP) is 2.96. The molecule has 144 valence electrons. The molecule has 1 aromatic carbocycles. The van der Waals surface area contributed by atoms with Gasteiger partial charge in [0.1, 0.15) is 5.75 Å². The lowest BCUT2D eigenvalue weighted by atomic mass is 10.1. The molecule has 2 N–H and O–H groups in total. The second kappa shape index (κ2) is 11.1. The highest BCUT2D eigenvalue weighted by molar-refractivity contribution is 14.0. The Hall–Kier alpha value is -1.77. The standard InChI is InChI=1S/C19H29N5O.HI/c1-14-18(15(2)24(4)23-14)13-22-19(20-3)21-12-6-7-16-8-10-17(25-5)11-9-16;/h8-11H,6-7,12-13H2,1-5H3,(H2,20,21,22);1H. The van der Waals surface area contributed by atoms with Crippen molar-refractivity contribution in [2.75, 3.05) is 20.7 Å². The SMILES string of the molecule is CN=C(NCCCc1ccc(OC)cc1)NCc1c(C)nn(C)c1C.I. The molecule has 0 bridgehead atoms. The van der Waals surface area contributed by atoms with E-state index < -0.39 is 0 Å². The number of rotatable bonds is 7. The number of aliphatic imine (C=N–C) groups is 1. The number of hydrogen-bond donors (Lipinski definition) is 2. The predicted molar refractivity (Wildman–Crippen MR) is 118 cm³/mol. The summed E-state index contributed by atoms with van der Waals surface area (Å²) in [4.78, 5) is 4.29. The zero-order valence-electron chi connectivity index (χ0n) is 16.3. The van der Waals surface area contributed by atoms with Gasteiger partial charge in [-0.3, -0.25) is 9.67 Å². The van der Waals surface area contributed by atoms with Crippen LogP contribution in [0.2, 0.25) is 0 Å². The lowest BCUT2D eigenvalue weighted by Crippen LogP contribution is -2.37. The minimum atomic E-state index is 0. The maximum Gasteiger partial charge on any atom is 0.191 e.